The zero-order chi connectivity index (χ0) is 19.4. The third-order valence-corrected chi connectivity index (χ3v) is 4.92. The van der Waals surface area contributed by atoms with Crippen LogP contribution in [-0.4, -0.2) is 17.4 Å². The molecule has 0 saturated carbocycles. The summed E-state index contributed by atoms with van der Waals surface area (Å²) in [5.41, 5.74) is 4.46. The Labute approximate surface area is 158 Å². The summed E-state index contributed by atoms with van der Waals surface area (Å²) in [6.07, 6.45) is 4.66. The third kappa shape index (κ3) is 4.64. The predicted molar refractivity (Wildman–Crippen MR) is 103 cm³/mol. The van der Waals surface area contributed by atoms with Crippen LogP contribution in [0.15, 0.2) is 36.4 Å². The highest BCUT2D eigenvalue weighted by atomic mass is 16.6. The number of nitro benzene ring substituents is 1. The monoisotopic (exact) mass is 368 g/mol. The number of amides is 1. The molecule has 0 fully saturated rings. The number of carbonyl (C=O) groups is 1. The molecule has 1 atom stereocenters. The number of benzene rings is 2. The molecule has 2 aromatic rings. The lowest BCUT2D eigenvalue weighted by atomic mass is 9.89. The van der Waals surface area contributed by atoms with E-state index in [0.717, 1.165) is 24.0 Å². The lowest BCUT2D eigenvalue weighted by Gasteiger charge is -2.20. The first-order valence-corrected chi connectivity index (χ1v) is 9.23. The van der Waals surface area contributed by atoms with E-state index in [1.807, 2.05) is 6.92 Å². The van der Waals surface area contributed by atoms with Crippen molar-refractivity contribution in [1.29, 1.82) is 0 Å². The molecule has 27 heavy (non-hydrogen) atoms. The molecule has 0 aromatic heterocycles. The maximum atomic E-state index is 12.2. The van der Waals surface area contributed by atoms with Crippen molar-refractivity contribution in [2.75, 3.05) is 6.61 Å². The Balaban J connectivity index is 1.60. The molecule has 0 unspecified atom stereocenters. The zero-order valence-corrected chi connectivity index (χ0v) is 15.7. The van der Waals surface area contributed by atoms with Gasteiger partial charge < -0.3 is 10.1 Å². The van der Waals surface area contributed by atoms with E-state index in [0.29, 0.717) is 0 Å². The van der Waals surface area contributed by atoms with Gasteiger partial charge in [0.2, 0.25) is 0 Å². The van der Waals surface area contributed by atoms with Crippen LogP contribution >= 0.6 is 0 Å². The van der Waals surface area contributed by atoms with E-state index in [4.69, 9.17) is 4.74 Å². The van der Waals surface area contributed by atoms with Gasteiger partial charge in [-0.2, -0.15) is 0 Å². The maximum absolute atomic E-state index is 12.2. The van der Waals surface area contributed by atoms with Gasteiger partial charge in [-0.25, -0.2) is 0 Å². The zero-order valence-electron chi connectivity index (χ0n) is 15.7. The van der Waals surface area contributed by atoms with E-state index in [1.54, 1.807) is 13.0 Å². The number of rotatable bonds is 6. The molecule has 6 nitrogen and oxygen atoms in total. The minimum Gasteiger partial charge on any atom is -0.477 e. The molecule has 0 radical (unpaired) electrons. The second-order valence-electron chi connectivity index (χ2n) is 7.04. The van der Waals surface area contributed by atoms with Gasteiger partial charge >= 0.3 is 5.69 Å². The first kappa shape index (κ1) is 18.9. The first-order valence-electron chi connectivity index (χ1n) is 9.23. The molecule has 3 rings (SSSR count). The number of nitrogens with zero attached hydrogens (tertiary/aromatic N) is 1. The Kier molecular flexibility index (Phi) is 5.74. The van der Waals surface area contributed by atoms with E-state index in [9.17, 15) is 14.9 Å². The molecule has 0 bridgehead atoms. The van der Waals surface area contributed by atoms with E-state index in [1.165, 1.54) is 36.1 Å². The molecule has 1 aliphatic rings. The third-order valence-electron chi connectivity index (χ3n) is 4.92. The number of aryl methyl sites for hydroxylation is 3. The number of ether oxygens (including phenoxy) is 1. The maximum Gasteiger partial charge on any atom is 0.311 e. The van der Waals surface area contributed by atoms with E-state index >= 15 is 0 Å². The normalized spacial score (nSPS) is 14.1. The van der Waals surface area contributed by atoms with E-state index in [2.05, 4.69) is 23.5 Å². The Hall–Kier alpha value is -2.89. The Morgan fingerprint density at radius 1 is 1.19 bits per heavy atom. The Bertz CT molecular complexity index is 863. The van der Waals surface area contributed by atoms with Crippen molar-refractivity contribution in [1.82, 2.24) is 5.32 Å². The van der Waals surface area contributed by atoms with Crippen LogP contribution in [0.4, 0.5) is 5.69 Å². The van der Waals surface area contributed by atoms with Crippen LogP contribution in [-0.2, 0) is 17.6 Å². The van der Waals surface area contributed by atoms with Crippen LogP contribution in [0, 0.1) is 17.0 Å². The molecule has 1 amide bonds. The summed E-state index contributed by atoms with van der Waals surface area (Å²) in [4.78, 5) is 22.9. The minimum absolute atomic E-state index is 0.0992. The van der Waals surface area contributed by atoms with Gasteiger partial charge in [0.05, 0.1) is 11.0 Å². The van der Waals surface area contributed by atoms with Crippen molar-refractivity contribution in [2.24, 2.45) is 0 Å². The fourth-order valence-corrected chi connectivity index (χ4v) is 3.42. The second-order valence-corrected chi connectivity index (χ2v) is 7.04. The van der Waals surface area contributed by atoms with Gasteiger partial charge in [-0.15, -0.1) is 0 Å². The molecule has 0 saturated heterocycles. The van der Waals surface area contributed by atoms with Gasteiger partial charge in [0.15, 0.2) is 12.4 Å². The van der Waals surface area contributed by atoms with Gasteiger partial charge in [-0.3, -0.25) is 14.9 Å². The molecule has 2 aromatic carbocycles. The SMILES string of the molecule is Cc1ccc(OCC(=O)N[C@H](C)c2ccc3c(c2)CCCC3)c([N+](=O)[O-])c1. The highest BCUT2D eigenvalue weighted by Crippen LogP contribution is 2.28. The predicted octanol–water partition coefficient (Wildman–Crippen LogP) is 4.04. The highest BCUT2D eigenvalue weighted by molar-refractivity contribution is 5.78. The lowest BCUT2D eigenvalue weighted by Crippen LogP contribution is -2.31. The molecular formula is C21H24N2O4. The van der Waals surface area contributed by atoms with Crippen molar-refractivity contribution >= 4 is 11.6 Å². The van der Waals surface area contributed by atoms with Crippen LogP contribution in [0.3, 0.4) is 0 Å². The molecule has 0 aliphatic heterocycles. The van der Waals surface area contributed by atoms with Gasteiger partial charge in [-0.1, -0.05) is 24.3 Å². The summed E-state index contributed by atoms with van der Waals surface area (Å²) in [6.45, 7) is 3.43. The summed E-state index contributed by atoms with van der Waals surface area (Å²) in [7, 11) is 0. The van der Waals surface area contributed by atoms with Gasteiger partial charge in [0, 0.05) is 6.07 Å². The van der Waals surface area contributed by atoms with Crippen molar-refractivity contribution in [3.05, 3.63) is 68.8 Å². The van der Waals surface area contributed by atoms with Gasteiger partial charge in [-0.05, 0) is 67.9 Å². The standard InChI is InChI=1S/C21H24N2O4/c1-14-7-10-20(19(11-14)23(25)26)27-13-21(24)22-15(2)17-9-8-16-5-3-4-6-18(16)12-17/h7-12,15H,3-6,13H2,1-2H3,(H,22,24)/t15-/m1/s1. The average Bonchev–Trinajstić information content (AvgIpc) is 2.66. The van der Waals surface area contributed by atoms with Crippen LogP contribution in [0.5, 0.6) is 5.75 Å². The second kappa shape index (κ2) is 8.20. The number of nitrogens with one attached hydrogen (secondary N) is 1. The molecule has 0 heterocycles. The Morgan fingerprint density at radius 3 is 2.67 bits per heavy atom. The average molecular weight is 368 g/mol. The Morgan fingerprint density at radius 2 is 1.93 bits per heavy atom. The summed E-state index contributed by atoms with van der Waals surface area (Å²) < 4.78 is 5.39. The summed E-state index contributed by atoms with van der Waals surface area (Å²) in [6, 6.07) is 10.9. The number of hydrogen-bond donors (Lipinski definition) is 1. The molecule has 1 aliphatic carbocycles. The van der Waals surface area contributed by atoms with Crippen LogP contribution in [0.1, 0.15) is 48.1 Å². The topological polar surface area (TPSA) is 81.5 Å². The van der Waals surface area contributed by atoms with Crippen molar-refractivity contribution in [3.63, 3.8) is 0 Å². The van der Waals surface area contributed by atoms with Crippen LogP contribution in [0.2, 0.25) is 0 Å². The van der Waals surface area contributed by atoms with Crippen molar-refractivity contribution in [2.45, 2.75) is 45.6 Å². The highest BCUT2D eigenvalue weighted by Gasteiger charge is 2.18. The van der Waals surface area contributed by atoms with Crippen LogP contribution < -0.4 is 10.1 Å². The molecule has 0 spiro atoms. The van der Waals surface area contributed by atoms with Crippen molar-refractivity contribution in [3.8, 4) is 5.75 Å². The number of hydrogen-bond acceptors (Lipinski definition) is 4. The summed E-state index contributed by atoms with van der Waals surface area (Å²) >= 11 is 0. The molecular weight excluding hydrogens is 344 g/mol. The van der Waals surface area contributed by atoms with Crippen molar-refractivity contribution < 1.29 is 14.5 Å². The van der Waals surface area contributed by atoms with E-state index < -0.39 is 4.92 Å². The van der Waals surface area contributed by atoms with Crippen LogP contribution in [0.25, 0.3) is 0 Å². The molecule has 142 valence electrons. The van der Waals surface area contributed by atoms with E-state index in [-0.39, 0.29) is 30.0 Å². The van der Waals surface area contributed by atoms with Gasteiger partial charge in [0.1, 0.15) is 0 Å². The fourth-order valence-electron chi connectivity index (χ4n) is 3.42. The first-order chi connectivity index (χ1) is 12.9. The quantitative estimate of drug-likeness (QED) is 0.616. The number of carbonyl (C=O) groups excluding carboxylic acids is 1. The fraction of sp³-hybridized carbons (Fsp3) is 0.381. The lowest BCUT2D eigenvalue weighted by molar-refractivity contribution is -0.385. The number of nitro groups is 1. The summed E-state index contributed by atoms with van der Waals surface area (Å²) in [5, 5.41) is 14.0. The molecule has 6 heteroatoms. The minimum atomic E-state index is -0.504. The summed E-state index contributed by atoms with van der Waals surface area (Å²) in [5.74, 6) is -0.211. The largest absolute Gasteiger partial charge is 0.477 e. The number of fused-ring (bicyclic) bond motifs is 1. The van der Waals surface area contributed by atoms with Gasteiger partial charge in [0.25, 0.3) is 5.91 Å². The molecule has 1 N–H and O–H groups in total. The smallest absolute Gasteiger partial charge is 0.311 e.